The van der Waals surface area contributed by atoms with E-state index in [1.165, 1.54) is 10.9 Å². The molecule has 1 saturated heterocycles. The maximum absolute atomic E-state index is 16.4. The maximum Gasteiger partial charge on any atom is 0.261 e. The van der Waals surface area contributed by atoms with Crippen molar-refractivity contribution in [3.63, 3.8) is 0 Å². The summed E-state index contributed by atoms with van der Waals surface area (Å²) in [6.07, 6.45) is -2.89. The summed E-state index contributed by atoms with van der Waals surface area (Å²) in [6, 6.07) is 20.0. The molecule has 10 nitrogen and oxygen atoms in total. The van der Waals surface area contributed by atoms with Gasteiger partial charge in [-0.1, -0.05) is 81.4 Å². The standard InChI is InChI=1S/C28H35FN6O4Si/c1-27(2,3)40(18-11-7-5-8-12-18,19-13-9-6-10-14-19)38-15-20-22(37)28(29,16-36)25(39-20)35-17-32-21-23(31-4)33-26(30)34-24(21)35/h5-14,17,20,22,25,36-37H,15-16H2,1-4H3,(H3,30,31,33,34)/t20-,22-,25-,28-/m1/s1. The molecular formula is C28H35FN6O4Si. The van der Waals surface area contributed by atoms with Gasteiger partial charge < -0.3 is 30.4 Å². The third kappa shape index (κ3) is 4.45. The lowest BCUT2D eigenvalue weighted by atomic mass is 9.97. The molecule has 2 aromatic carbocycles. The molecule has 5 N–H and O–H groups in total. The molecule has 1 fully saturated rings. The number of alkyl halides is 1. The number of aromatic nitrogens is 4. The molecule has 1 aliphatic rings. The lowest BCUT2D eigenvalue weighted by Crippen LogP contribution is -2.67. The molecule has 12 heteroatoms. The van der Waals surface area contributed by atoms with Crippen molar-refractivity contribution in [3.8, 4) is 0 Å². The number of anilines is 2. The Bertz CT molecular complexity index is 1430. The molecule has 5 rings (SSSR count). The van der Waals surface area contributed by atoms with E-state index < -0.39 is 39.0 Å². The molecule has 4 aromatic rings. The highest BCUT2D eigenvalue weighted by Crippen LogP contribution is 2.44. The summed E-state index contributed by atoms with van der Waals surface area (Å²) in [7, 11) is -1.34. The van der Waals surface area contributed by atoms with Crippen LogP contribution in [0, 0.1) is 0 Å². The number of aliphatic hydroxyl groups excluding tert-OH is 2. The van der Waals surface area contributed by atoms with Gasteiger partial charge in [-0.25, -0.2) is 9.37 Å². The largest absolute Gasteiger partial charge is 0.405 e. The summed E-state index contributed by atoms with van der Waals surface area (Å²) in [5.41, 5.74) is 3.87. The summed E-state index contributed by atoms with van der Waals surface area (Å²) >= 11 is 0. The number of hydrogen-bond donors (Lipinski definition) is 4. The molecule has 0 bridgehead atoms. The maximum atomic E-state index is 16.4. The predicted molar refractivity (Wildman–Crippen MR) is 154 cm³/mol. The number of halogens is 1. The average molecular weight is 567 g/mol. The van der Waals surface area contributed by atoms with Crippen LogP contribution in [0.15, 0.2) is 67.0 Å². The van der Waals surface area contributed by atoms with Gasteiger partial charge in [0.05, 0.1) is 19.5 Å². The first-order valence-electron chi connectivity index (χ1n) is 13.1. The number of benzene rings is 2. The van der Waals surface area contributed by atoms with Crippen LogP contribution in [0.3, 0.4) is 0 Å². The molecule has 0 saturated carbocycles. The summed E-state index contributed by atoms with van der Waals surface area (Å²) in [6.45, 7) is 5.28. The van der Waals surface area contributed by atoms with E-state index in [2.05, 4.69) is 41.0 Å². The van der Waals surface area contributed by atoms with Crippen LogP contribution < -0.4 is 21.4 Å². The molecule has 4 atom stereocenters. The Labute approximate surface area is 233 Å². The van der Waals surface area contributed by atoms with Crippen molar-refractivity contribution < 1.29 is 23.8 Å². The highest BCUT2D eigenvalue weighted by Gasteiger charge is 2.59. The number of ether oxygens (including phenoxy) is 1. The fraction of sp³-hybridized carbons (Fsp3) is 0.393. The summed E-state index contributed by atoms with van der Waals surface area (Å²) in [5.74, 6) is 0.317. The van der Waals surface area contributed by atoms with Gasteiger partial charge in [-0.2, -0.15) is 9.97 Å². The van der Waals surface area contributed by atoms with Crippen molar-refractivity contribution >= 4 is 41.6 Å². The number of fused-ring (bicyclic) bond motifs is 1. The van der Waals surface area contributed by atoms with Crippen LogP contribution in [0.4, 0.5) is 16.2 Å². The van der Waals surface area contributed by atoms with Gasteiger partial charge in [0, 0.05) is 7.05 Å². The monoisotopic (exact) mass is 566 g/mol. The molecule has 40 heavy (non-hydrogen) atoms. The highest BCUT2D eigenvalue weighted by molar-refractivity contribution is 6.99. The Morgan fingerprint density at radius 3 is 2.23 bits per heavy atom. The minimum atomic E-state index is -3.00. The fourth-order valence-electron chi connectivity index (χ4n) is 5.66. The van der Waals surface area contributed by atoms with E-state index in [0.717, 1.165) is 10.4 Å². The van der Waals surface area contributed by atoms with E-state index in [0.29, 0.717) is 11.3 Å². The molecular weight excluding hydrogens is 531 g/mol. The SMILES string of the molecule is CNc1nc(N)nc2c1ncn2[C@@H]1O[C@H](CO[Si](c2ccccc2)(c2ccccc2)C(C)(C)C)[C@@H](O)[C@]1(F)CO. The summed E-state index contributed by atoms with van der Waals surface area (Å²) in [5, 5.41) is 26.0. The van der Waals surface area contributed by atoms with Gasteiger partial charge in [-0.05, 0) is 15.4 Å². The molecule has 1 aliphatic heterocycles. The first-order chi connectivity index (χ1) is 19.1. The van der Waals surface area contributed by atoms with Crippen LogP contribution in [0.25, 0.3) is 11.2 Å². The van der Waals surface area contributed by atoms with E-state index >= 15 is 4.39 Å². The number of imidazole rings is 1. The molecule has 0 radical (unpaired) electrons. The van der Waals surface area contributed by atoms with E-state index in [4.69, 9.17) is 14.9 Å². The average Bonchev–Trinajstić information content (AvgIpc) is 3.47. The minimum absolute atomic E-state index is 0.0443. The smallest absolute Gasteiger partial charge is 0.261 e. The van der Waals surface area contributed by atoms with Gasteiger partial charge in [0.2, 0.25) is 11.6 Å². The number of nitrogen functional groups attached to an aromatic ring is 1. The van der Waals surface area contributed by atoms with Crippen molar-refractivity contribution in [1.82, 2.24) is 19.5 Å². The Kier molecular flexibility index (Phi) is 7.40. The summed E-state index contributed by atoms with van der Waals surface area (Å²) < 4.78 is 30.8. The molecule has 0 unspecified atom stereocenters. The number of nitrogens with two attached hydrogens (primary N) is 1. The van der Waals surface area contributed by atoms with Crippen LogP contribution in [0.2, 0.25) is 5.04 Å². The van der Waals surface area contributed by atoms with Crippen LogP contribution in [0.1, 0.15) is 27.0 Å². The van der Waals surface area contributed by atoms with E-state index in [9.17, 15) is 10.2 Å². The molecule has 0 aliphatic carbocycles. The number of nitrogens with zero attached hydrogens (tertiary/aromatic N) is 4. The van der Waals surface area contributed by atoms with Crippen LogP contribution in [0.5, 0.6) is 0 Å². The number of hydrogen-bond acceptors (Lipinski definition) is 9. The summed E-state index contributed by atoms with van der Waals surface area (Å²) in [4.78, 5) is 12.7. The zero-order valence-electron chi connectivity index (χ0n) is 23.0. The molecule has 0 spiro atoms. The fourth-order valence-corrected chi connectivity index (χ4v) is 10.2. The van der Waals surface area contributed by atoms with Crippen LogP contribution >= 0.6 is 0 Å². The van der Waals surface area contributed by atoms with E-state index in [-0.39, 0.29) is 23.2 Å². The van der Waals surface area contributed by atoms with Crippen molar-refractivity contribution in [2.45, 2.75) is 49.9 Å². The normalized spacial score (nSPS) is 23.5. The van der Waals surface area contributed by atoms with Gasteiger partial charge in [-0.15, -0.1) is 0 Å². The van der Waals surface area contributed by atoms with Crippen LogP contribution in [-0.2, 0) is 9.16 Å². The van der Waals surface area contributed by atoms with E-state index in [1.807, 2.05) is 60.7 Å². The molecule has 3 heterocycles. The number of nitrogens with one attached hydrogen (secondary N) is 1. The van der Waals surface area contributed by atoms with Gasteiger partial charge >= 0.3 is 0 Å². The minimum Gasteiger partial charge on any atom is -0.405 e. The Balaban J connectivity index is 1.54. The Morgan fingerprint density at radius 1 is 1.10 bits per heavy atom. The Morgan fingerprint density at radius 2 is 1.70 bits per heavy atom. The second kappa shape index (κ2) is 10.5. The van der Waals surface area contributed by atoms with Crippen molar-refractivity contribution in [2.75, 3.05) is 31.3 Å². The topological polar surface area (TPSA) is 141 Å². The third-order valence-electron chi connectivity index (χ3n) is 7.61. The third-order valence-corrected chi connectivity index (χ3v) is 12.6. The Hall–Kier alpha value is -3.42. The zero-order chi connectivity index (χ0) is 28.7. The molecule has 0 amide bonds. The van der Waals surface area contributed by atoms with Crippen molar-refractivity contribution in [3.05, 3.63) is 67.0 Å². The van der Waals surface area contributed by atoms with Crippen LogP contribution in [-0.4, -0.2) is 76.2 Å². The number of rotatable bonds is 8. The second-order valence-corrected chi connectivity index (χ2v) is 15.3. The lowest BCUT2D eigenvalue weighted by molar-refractivity contribution is -0.0807. The second-order valence-electron chi connectivity index (χ2n) is 11.0. The van der Waals surface area contributed by atoms with Crippen molar-refractivity contribution in [2.24, 2.45) is 0 Å². The quantitative estimate of drug-likeness (QED) is 0.236. The first kappa shape index (κ1) is 28.1. The highest BCUT2D eigenvalue weighted by atomic mass is 28.4. The van der Waals surface area contributed by atoms with Gasteiger partial charge in [0.15, 0.2) is 23.2 Å². The lowest BCUT2D eigenvalue weighted by Gasteiger charge is -2.43. The van der Waals surface area contributed by atoms with Crippen molar-refractivity contribution in [1.29, 1.82) is 0 Å². The zero-order valence-corrected chi connectivity index (χ0v) is 24.0. The molecule has 2 aromatic heterocycles. The van der Waals surface area contributed by atoms with E-state index in [1.54, 1.807) is 7.05 Å². The molecule has 212 valence electrons. The van der Waals surface area contributed by atoms with Gasteiger partial charge in [0.1, 0.15) is 12.2 Å². The van der Waals surface area contributed by atoms with Gasteiger partial charge in [0.25, 0.3) is 8.32 Å². The first-order valence-corrected chi connectivity index (χ1v) is 15.0. The predicted octanol–water partition coefficient (Wildman–Crippen LogP) is 1.99. The van der Waals surface area contributed by atoms with Gasteiger partial charge in [-0.3, -0.25) is 4.57 Å². The number of aliphatic hydroxyl groups is 2.